The van der Waals surface area contributed by atoms with Crippen LogP contribution in [-0.4, -0.2) is 17.8 Å². The van der Waals surface area contributed by atoms with E-state index >= 15 is 0 Å². The van der Waals surface area contributed by atoms with Crippen molar-refractivity contribution in [2.75, 3.05) is 12.9 Å². The van der Waals surface area contributed by atoms with E-state index < -0.39 is 0 Å². The standard InChI is InChI=1S/C14H16ClN3OS/c1-19-13-6-3-7-17-14(13)12(18-16)9-20-11-5-2-4-10(15)8-11/h2-8,12,18H,9,16H2,1H3. The van der Waals surface area contributed by atoms with Gasteiger partial charge in [-0.25, -0.2) is 0 Å². The fourth-order valence-electron chi connectivity index (χ4n) is 1.78. The number of benzene rings is 1. The number of aromatic nitrogens is 1. The van der Waals surface area contributed by atoms with Crippen molar-refractivity contribution in [2.45, 2.75) is 10.9 Å². The number of halogens is 1. The molecule has 1 aromatic heterocycles. The van der Waals surface area contributed by atoms with Gasteiger partial charge in [0.1, 0.15) is 11.4 Å². The predicted molar refractivity (Wildman–Crippen MR) is 83.0 cm³/mol. The predicted octanol–water partition coefficient (Wildman–Crippen LogP) is 3.04. The third-order valence-corrected chi connectivity index (χ3v) is 4.09. The van der Waals surface area contributed by atoms with Crippen LogP contribution in [0.2, 0.25) is 5.02 Å². The van der Waals surface area contributed by atoms with E-state index in [9.17, 15) is 0 Å². The number of ether oxygens (including phenoxy) is 1. The third-order valence-electron chi connectivity index (χ3n) is 2.76. The molecule has 1 heterocycles. The number of pyridine rings is 1. The Balaban J connectivity index is 2.09. The second kappa shape index (κ2) is 7.50. The number of rotatable bonds is 6. The third kappa shape index (κ3) is 3.86. The summed E-state index contributed by atoms with van der Waals surface area (Å²) in [5.41, 5.74) is 3.58. The number of methoxy groups -OCH3 is 1. The van der Waals surface area contributed by atoms with Crippen molar-refractivity contribution in [2.24, 2.45) is 5.84 Å². The van der Waals surface area contributed by atoms with Gasteiger partial charge < -0.3 is 4.74 Å². The molecule has 2 aromatic rings. The van der Waals surface area contributed by atoms with Gasteiger partial charge in [-0.15, -0.1) is 11.8 Å². The zero-order valence-electron chi connectivity index (χ0n) is 11.0. The van der Waals surface area contributed by atoms with Gasteiger partial charge in [-0.2, -0.15) is 0 Å². The van der Waals surface area contributed by atoms with Gasteiger partial charge in [0.25, 0.3) is 0 Å². The summed E-state index contributed by atoms with van der Waals surface area (Å²) < 4.78 is 5.31. The highest BCUT2D eigenvalue weighted by atomic mass is 35.5. The van der Waals surface area contributed by atoms with Crippen LogP contribution in [0.3, 0.4) is 0 Å². The highest BCUT2D eigenvalue weighted by molar-refractivity contribution is 7.99. The number of hydrogen-bond acceptors (Lipinski definition) is 5. The first-order valence-electron chi connectivity index (χ1n) is 6.08. The summed E-state index contributed by atoms with van der Waals surface area (Å²) in [6.45, 7) is 0. The molecule has 3 N–H and O–H groups in total. The number of thioether (sulfide) groups is 1. The van der Waals surface area contributed by atoms with E-state index in [1.54, 1.807) is 25.1 Å². The molecule has 0 fully saturated rings. The SMILES string of the molecule is COc1cccnc1C(CSc1cccc(Cl)c1)NN. The molecule has 20 heavy (non-hydrogen) atoms. The summed E-state index contributed by atoms with van der Waals surface area (Å²) in [7, 11) is 1.62. The first-order chi connectivity index (χ1) is 9.74. The minimum atomic E-state index is -0.102. The summed E-state index contributed by atoms with van der Waals surface area (Å²) in [5, 5.41) is 0.725. The van der Waals surface area contributed by atoms with Gasteiger partial charge in [-0.1, -0.05) is 17.7 Å². The van der Waals surface area contributed by atoms with Crippen LogP contribution in [0, 0.1) is 0 Å². The molecule has 1 unspecified atom stereocenters. The van der Waals surface area contributed by atoms with Crippen LogP contribution in [0.1, 0.15) is 11.7 Å². The van der Waals surface area contributed by atoms with Crippen molar-refractivity contribution in [1.82, 2.24) is 10.4 Å². The van der Waals surface area contributed by atoms with Crippen molar-refractivity contribution < 1.29 is 4.74 Å². The van der Waals surface area contributed by atoms with E-state index in [0.717, 1.165) is 27.1 Å². The molecule has 0 amide bonds. The van der Waals surface area contributed by atoms with Gasteiger partial charge in [0.15, 0.2) is 0 Å². The minimum Gasteiger partial charge on any atom is -0.495 e. The Morgan fingerprint density at radius 2 is 2.25 bits per heavy atom. The lowest BCUT2D eigenvalue weighted by Crippen LogP contribution is -2.30. The minimum absolute atomic E-state index is 0.102. The summed E-state index contributed by atoms with van der Waals surface area (Å²) in [5.74, 6) is 7.09. The molecule has 0 aliphatic carbocycles. The second-order valence-electron chi connectivity index (χ2n) is 4.08. The van der Waals surface area contributed by atoms with Gasteiger partial charge in [0.05, 0.1) is 13.2 Å². The van der Waals surface area contributed by atoms with Crippen LogP contribution in [-0.2, 0) is 0 Å². The van der Waals surface area contributed by atoms with Gasteiger partial charge in [-0.3, -0.25) is 16.3 Å². The quantitative estimate of drug-likeness (QED) is 0.488. The van der Waals surface area contributed by atoms with Crippen LogP contribution in [0.4, 0.5) is 0 Å². The molecule has 1 atom stereocenters. The Morgan fingerprint density at radius 3 is 2.95 bits per heavy atom. The summed E-state index contributed by atoms with van der Waals surface area (Å²) in [6, 6.07) is 11.3. The summed E-state index contributed by atoms with van der Waals surface area (Å²) >= 11 is 7.63. The number of hydrazine groups is 1. The molecule has 0 saturated heterocycles. The number of hydrogen-bond donors (Lipinski definition) is 2. The lowest BCUT2D eigenvalue weighted by Gasteiger charge is -2.17. The zero-order chi connectivity index (χ0) is 14.4. The lowest BCUT2D eigenvalue weighted by atomic mass is 10.2. The van der Waals surface area contributed by atoms with Gasteiger partial charge in [0, 0.05) is 21.9 Å². The maximum atomic E-state index is 5.97. The smallest absolute Gasteiger partial charge is 0.142 e. The van der Waals surface area contributed by atoms with Crippen molar-refractivity contribution in [3.05, 3.63) is 53.3 Å². The molecule has 0 aliphatic heterocycles. The van der Waals surface area contributed by atoms with Crippen molar-refractivity contribution in [3.8, 4) is 5.75 Å². The van der Waals surface area contributed by atoms with Crippen molar-refractivity contribution in [1.29, 1.82) is 0 Å². The second-order valence-corrected chi connectivity index (χ2v) is 5.61. The van der Waals surface area contributed by atoms with Crippen LogP contribution in [0.5, 0.6) is 5.75 Å². The zero-order valence-corrected chi connectivity index (χ0v) is 12.6. The van der Waals surface area contributed by atoms with Crippen LogP contribution < -0.4 is 16.0 Å². The van der Waals surface area contributed by atoms with E-state index in [-0.39, 0.29) is 6.04 Å². The van der Waals surface area contributed by atoms with E-state index in [2.05, 4.69) is 10.4 Å². The van der Waals surface area contributed by atoms with Gasteiger partial charge >= 0.3 is 0 Å². The average molecular weight is 310 g/mol. The molecule has 1 aromatic carbocycles. The van der Waals surface area contributed by atoms with E-state index in [4.69, 9.17) is 22.2 Å². The largest absolute Gasteiger partial charge is 0.495 e. The van der Waals surface area contributed by atoms with E-state index in [1.807, 2.05) is 36.4 Å². The van der Waals surface area contributed by atoms with Crippen molar-refractivity contribution in [3.63, 3.8) is 0 Å². The molecule has 0 aliphatic rings. The Kier molecular flexibility index (Phi) is 5.67. The maximum absolute atomic E-state index is 5.97. The van der Waals surface area contributed by atoms with E-state index in [1.165, 1.54) is 0 Å². The topological polar surface area (TPSA) is 60.2 Å². The molecule has 0 radical (unpaired) electrons. The Labute approximate surface area is 127 Å². The van der Waals surface area contributed by atoms with Gasteiger partial charge in [-0.05, 0) is 30.3 Å². The van der Waals surface area contributed by atoms with E-state index in [0.29, 0.717) is 0 Å². The first-order valence-corrected chi connectivity index (χ1v) is 7.44. The van der Waals surface area contributed by atoms with Crippen LogP contribution in [0.25, 0.3) is 0 Å². The van der Waals surface area contributed by atoms with Crippen LogP contribution >= 0.6 is 23.4 Å². The highest BCUT2D eigenvalue weighted by Gasteiger charge is 2.16. The fourth-order valence-corrected chi connectivity index (χ4v) is 3.03. The molecule has 0 bridgehead atoms. The Bertz CT molecular complexity index is 568. The molecule has 6 heteroatoms. The summed E-state index contributed by atoms with van der Waals surface area (Å²) in [4.78, 5) is 5.43. The Hall–Kier alpha value is -1.27. The van der Waals surface area contributed by atoms with Crippen LogP contribution in [0.15, 0.2) is 47.5 Å². The molecule has 0 spiro atoms. The molecule has 2 rings (SSSR count). The maximum Gasteiger partial charge on any atom is 0.142 e. The first kappa shape index (κ1) is 15.1. The molecular formula is C14H16ClN3OS. The molecule has 4 nitrogen and oxygen atoms in total. The molecule has 106 valence electrons. The molecule has 0 saturated carbocycles. The monoisotopic (exact) mass is 309 g/mol. The molecular weight excluding hydrogens is 294 g/mol. The number of nitrogens with zero attached hydrogens (tertiary/aromatic N) is 1. The summed E-state index contributed by atoms with van der Waals surface area (Å²) in [6.07, 6.45) is 1.73. The normalized spacial score (nSPS) is 12.2. The number of nitrogens with two attached hydrogens (primary N) is 1. The van der Waals surface area contributed by atoms with Gasteiger partial charge in [0.2, 0.25) is 0 Å². The average Bonchev–Trinajstić information content (AvgIpc) is 2.48. The lowest BCUT2D eigenvalue weighted by molar-refractivity contribution is 0.398. The number of nitrogens with one attached hydrogen (secondary N) is 1. The highest BCUT2D eigenvalue weighted by Crippen LogP contribution is 2.29. The van der Waals surface area contributed by atoms with Crippen molar-refractivity contribution >= 4 is 23.4 Å². The Morgan fingerprint density at radius 1 is 1.40 bits per heavy atom. The fraction of sp³-hybridized carbons (Fsp3) is 0.214.